The first kappa shape index (κ1) is 22.0. The monoisotopic (exact) mass is 462 g/mol. The van der Waals surface area contributed by atoms with Gasteiger partial charge in [0.05, 0.1) is 17.1 Å². The smallest absolute Gasteiger partial charge is 0.264 e. The highest BCUT2D eigenvalue weighted by Crippen LogP contribution is 2.39. The molecule has 1 fully saturated rings. The standard InChI is InChI=1S/C23H27ClN2O4S/c1-16-8-11-19(12-9-16)31(28,29)26-15-22(30-21-13-10-17(24)14-20(21)26)23(27)25-18-6-4-2-3-5-7-18/h8-14,18,22H,2-7,15H2,1H3,(H,25,27)/t22-/m0/s1. The van der Waals surface area contributed by atoms with Crippen LogP contribution in [0.15, 0.2) is 47.4 Å². The van der Waals surface area contributed by atoms with Crippen molar-refractivity contribution in [2.75, 3.05) is 10.8 Å². The highest BCUT2D eigenvalue weighted by Gasteiger charge is 2.38. The van der Waals surface area contributed by atoms with Gasteiger partial charge in [0.25, 0.3) is 15.9 Å². The van der Waals surface area contributed by atoms with Crippen molar-refractivity contribution in [1.82, 2.24) is 5.32 Å². The Morgan fingerprint density at radius 3 is 2.42 bits per heavy atom. The molecule has 1 aliphatic heterocycles. The number of hydrogen-bond acceptors (Lipinski definition) is 4. The number of aryl methyl sites for hydroxylation is 1. The lowest BCUT2D eigenvalue weighted by atomic mass is 10.1. The number of rotatable bonds is 4. The quantitative estimate of drug-likeness (QED) is 0.681. The number of hydrogen-bond donors (Lipinski definition) is 1. The zero-order valence-corrected chi connectivity index (χ0v) is 19.1. The molecule has 1 atom stereocenters. The number of halogens is 1. The third-order valence-corrected chi connectivity index (χ3v) is 7.92. The van der Waals surface area contributed by atoms with Gasteiger partial charge in [-0.2, -0.15) is 0 Å². The molecular formula is C23H27ClN2O4S. The molecule has 2 aliphatic rings. The van der Waals surface area contributed by atoms with Crippen molar-refractivity contribution in [2.45, 2.75) is 62.5 Å². The Balaban J connectivity index is 1.63. The molecule has 1 N–H and O–H groups in total. The van der Waals surface area contributed by atoms with E-state index in [1.54, 1.807) is 42.5 Å². The first-order chi connectivity index (χ1) is 14.8. The van der Waals surface area contributed by atoms with Crippen molar-refractivity contribution in [3.63, 3.8) is 0 Å². The Morgan fingerprint density at radius 2 is 1.74 bits per heavy atom. The number of benzene rings is 2. The summed E-state index contributed by atoms with van der Waals surface area (Å²) in [4.78, 5) is 13.2. The van der Waals surface area contributed by atoms with Crippen molar-refractivity contribution in [3.8, 4) is 5.75 Å². The normalized spacial score (nSPS) is 19.8. The molecule has 1 aliphatic carbocycles. The molecule has 0 saturated heterocycles. The van der Waals surface area contributed by atoms with Gasteiger partial charge in [0.2, 0.25) is 0 Å². The van der Waals surface area contributed by atoms with Crippen LogP contribution in [-0.4, -0.2) is 33.0 Å². The minimum atomic E-state index is -3.90. The van der Waals surface area contributed by atoms with E-state index in [0.717, 1.165) is 31.2 Å². The molecule has 6 nitrogen and oxygen atoms in total. The number of amides is 1. The molecule has 166 valence electrons. The van der Waals surface area contributed by atoms with Gasteiger partial charge in [0, 0.05) is 11.1 Å². The lowest BCUT2D eigenvalue weighted by molar-refractivity contribution is -0.128. The van der Waals surface area contributed by atoms with Gasteiger partial charge in [-0.1, -0.05) is 55.0 Å². The molecule has 4 rings (SSSR count). The van der Waals surface area contributed by atoms with E-state index in [9.17, 15) is 13.2 Å². The Kier molecular flexibility index (Phi) is 6.44. The summed E-state index contributed by atoms with van der Waals surface area (Å²) in [5.41, 5.74) is 1.30. The van der Waals surface area contributed by atoms with Crippen LogP contribution in [0.1, 0.15) is 44.1 Å². The first-order valence-corrected chi connectivity index (χ1v) is 12.5. The third kappa shape index (κ3) is 4.83. The lowest BCUT2D eigenvalue weighted by Gasteiger charge is -2.35. The predicted molar refractivity (Wildman–Crippen MR) is 121 cm³/mol. The van der Waals surface area contributed by atoms with Gasteiger partial charge in [0.15, 0.2) is 6.10 Å². The van der Waals surface area contributed by atoms with E-state index in [0.29, 0.717) is 16.5 Å². The fourth-order valence-corrected chi connectivity index (χ4v) is 5.78. The van der Waals surface area contributed by atoms with Gasteiger partial charge in [-0.25, -0.2) is 8.42 Å². The lowest BCUT2D eigenvalue weighted by Crippen LogP contribution is -2.52. The van der Waals surface area contributed by atoms with E-state index in [1.165, 1.54) is 17.1 Å². The van der Waals surface area contributed by atoms with E-state index in [2.05, 4.69) is 5.32 Å². The molecule has 1 saturated carbocycles. The van der Waals surface area contributed by atoms with Crippen molar-refractivity contribution in [1.29, 1.82) is 0 Å². The van der Waals surface area contributed by atoms with Crippen LogP contribution in [0.3, 0.4) is 0 Å². The van der Waals surface area contributed by atoms with Gasteiger partial charge in [-0.15, -0.1) is 0 Å². The zero-order valence-electron chi connectivity index (χ0n) is 17.5. The van der Waals surface area contributed by atoms with E-state index < -0.39 is 16.1 Å². The molecule has 0 spiro atoms. The SMILES string of the molecule is Cc1ccc(S(=O)(=O)N2C[C@@H](C(=O)NC3CCCCCC3)Oc3ccc(Cl)cc32)cc1. The molecule has 31 heavy (non-hydrogen) atoms. The number of nitrogens with one attached hydrogen (secondary N) is 1. The second kappa shape index (κ2) is 9.09. The maximum Gasteiger partial charge on any atom is 0.264 e. The topological polar surface area (TPSA) is 75.7 Å². The first-order valence-electron chi connectivity index (χ1n) is 10.7. The second-order valence-electron chi connectivity index (χ2n) is 8.26. The van der Waals surface area contributed by atoms with Crippen molar-refractivity contribution in [3.05, 3.63) is 53.1 Å². The summed E-state index contributed by atoms with van der Waals surface area (Å²) in [5, 5.41) is 3.47. The predicted octanol–water partition coefficient (Wildman–Crippen LogP) is 4.44. The van der Waals surface area contributed by atoms with Crippen LogP contribution in [0, 0.1) is 6.92 Å². The van der Waals surface area contributed by atoms with Gasteiger partial charge >= 0.3 is 0 Å². The molecule has 0 radical (unpaired) electrons. The Morgan fingerprint density at radius 1 is 1.06 bits per heavy atom. The fourth-order valence-electron chi connectivity index (χ4n) is 4.14. The van der Waals surface area contributed by atoms with Crippen LogP contribution in [0.25, 0.3) is 0 Å². The second-order valence-corrected chi connectivity index (χ2v) is 10.6. The highest BCUT2D eigenvalue weighted by atomic mass is 35.5. The summed E-state index contributed by atoms with van der Waals surface area (Å²) in [6.07, 6.45) is 5.49. The fraction of sp³-hybridized carbons (Fsp3) is 0.435. The summed E-state index contributed by atoms with van der Waals surface area (Å²) < 4.78 is 34.1. The Hall–Kier alpha value is -2.25. The van der Waals surface area contributed by atoms with Crippen LogP contribution in [0.2, 0.25) is 5.02 Å². The molecular weight excluding hydrogens is 436 g/mol. The maximum atomic E-state index is 13.5. The summed E-state index contributed by atoms with van der Waals surface area (Å²) in [5.74, 6) is 0.0453. The van der Waals surface area contributed by atoms with Crippen molar-refractivity contribution in [2.24, 2.45) is 0 Å². The number of sulfonamides is 1. The minimum absolute atomic E-state index is 0.104. The van der Waals surface area contributed by atoms with E-state index in [4.69, 9.17) is 16.3 Å². The van der Waals surface area contributed by atoms with Gasteiger partial charge in [-0.3, -0.25) is 9.10 Å². The molecule has 0 aromatic heterocycles. The van der Waals surface area contributed by atoms with Crippen LogP contribution < -0.4 is 14.4 Å². The summed E-state index contributed by atoms with van der Waals surface area (Å²) in [6, 6.07) is 11.6. The average Bonchev–Trinajstić information content (AvgIpc) is 3.02. The van der Waals surface area contributed by atoms with Crippen LogP contribution in [0.4, 0.5) is 5.69 Å². The molecule has 0 unspecified atom stereocenters. The molecule has 2 aromatic carbocycles. The van der Waals surface area contributed by atoms with E-state index in [1.807, 2.05) is 6.92 Å². The summed E-state index contributed by atoms with van der Waals surface area (Å²) in [7, 11) is -3.90. The molecule has 1 heterocycles. The minimum Gasteiger partial charge on any atom is -0.476 e. The summed E-state index contributed by atoms with van der Waals surface area (Å²) in [6.45, 7) is 1.79. The van der Waals surface area contributed by atoms with Crippen molar-refractivity contribution >= 4 is 33.2 Å². The van der Waals surface area contributed by atoms with Crippen LogP contribution >= 0.6 is 11.6 Å². The number of carbonyl (C=O) groups excluding carboxylic acids is 1. The molecule has 8 heteroatoms. The van der Waals surface area contributed by atoms with Gasteiger partial charge in [0.1, 0.15) is 5.75 Å². The van der Waals surface area contributed by atoms with Crippen molar-refractivity contribution < 1.29 is 17.9 Å². The van der Waals surface area contributed by atoms with E-state index in [-0.39, 0.29) is 23.4 Å². The number of fused-ring (bicyclic) bond motifs is 1. The molecule has 2 aromatic rings. The van der Waals surface area contributed by atoms with Crippen LogP contribution in [-0.2, 0) is 14.8 Å². The van der Waals surface area contributed by atoms with E-state index >= 15 is 0 Å². The Bertz CT molecular complexity index is 1050. The third-order valence-electron chi connectivity index (χ3n) is 5.89. The maximum absolute atomic E-state index is 13.5. The average molecular weight is 463 g/mol. The largest absolute Gasteiger partial charge is 0.476 e. The molecule has 0 bridgehead atoms. The molecule has 1 amide bonds. The number of ether oxygens (including phenoxy) is 1. The van der Waals surface area contributed by atoms with Gasteiger partial charge < -0.3 is 10.1 Å². The zero-order chi connectivity index (χ0) is 22.0. The number of carbonyl (C=O) groups is 1. The van der Waals surface area contributed by atoms with Gasteiger partial charge in [-0.05, 0) is 50.1 Å². The Labute approximate surface area is 188 Å². The number of anilines is 1. The summed E-state index contributed by atoms with van der Waals surface area (Å²) >= 11 is 6.15. The number of nitrogens with zero attached hydrogens (tertiary/aromatic N) is 1. The van der Waals surface area contributed by atoms with Crippen LogP contribution in [0.5, 0.6) is 5.75 Å². The highest BCUT2D eigenvalue weighted by molar-refractivity contribution is 7.92.